The van der Waals surface area contributed by atoms with Gasteiger partial charge >= 0.3 is 0 Å². The zero-order chi connectivity index (χ0) is 11.6. The summed E-state index contributed by atoms with van der Waals surface area (Å²) in [7, 11) is 0. The molecular weight excluding hydrogens is 198 g/mol. The first-order chi connectivity index (χ1) is 6.97. The molecule has 1 unspecified atom stereocenters. The number of aliphatic hydroxyl groups is 1. The van der Waals surface area contributed by atoms with Crippen molar-refractivity contribution < 1.29 is 13.9 Å². The first-order valence-electron chi connectivity index (χ1n) is 5.07. The molecule has 1 rings (SSSR count). The largest absolute Gasteiger partial charge is 0.396 e. The molecule has 0 aliphatic heterocycles. The van der Waals surface area contributed by atoms with Gasteiger partial charge in [-0.15, -0.1) is 0 Å². The monoisotopic (exact) mass is 214 g/mol. The average Bonchev–Trinajstić information content (AvgIpc) is 2.20. The second kappa shape index (κ2) is 4.71. The molecule has 0 fully saturated rings. The predicted molar refractivity (Wildman–Crippen MR) is 55.9 cm³/mol. The molecule has 0 saturated carbocycles. The first-order valence-corrected chi connectivity index (χ1v) is 5.07. The molecule has 15 heavy (non-hydrogen) atoms. The van der Waals surface area contributed by atoms with Crippen LogP contribution in [0.15, 0.2) is 12.1 Å². The lowest BCUT2D eigenvalue weighted by Gasteiger charge is -2.14. The molecule has 0 heterocycles. The summed E-state index contributed by atoms with van der Waals surface area (Å²) in [5.74, 6) is -1.92. The van der Waals surface area contributed by atoms with Crippen molar-refractivity contribution in [3.63, 3.8) is 0 Å². The second-order valence-corrected chi connectivity index (χ2v) is 4.14. The van der Waals surface area contributed by atoms with Crippen LogP contribution in [0.25, 0.3) is 0 Å². The van der Waals surface area contributed by atoms with Crippen molar-refractivity contribution in [2.75, 3.05) is 6.61 Å². The van der Waals surface area contributed by atoms with Crippen LogP contribution in [-0.2, 0) is 0 Å². The number of halogens is 2. The van der Waals surface area contributed by atoms with Crippen LogP contribution in [0.2, 0.25) is 0 Å². The van der Waals surface area contributed by atoms with Gasteiger partial charge in [-0.25, -0.2) is 8.78 Å². The summed E-state index contributed by atoms with van der Waals surface area (Å²) >= 11 is 0. The summed E-state index contributed by atoms with van der Waals surface area (Å²) in [6, 6.07) is 2.84. The van der Waals surface area contributed by atoms with Crippen molar-refractivity contribution in [3.05, 3.63) is 34.9 Å². The topological polar surface area (TPSA) is 20.2 Å². The molecule has 1 N–H and O–H groups in total. The Bertz CT molecular complexity index is 348. The van der Waals surface area contributed by atoms with E-state index in [9.17, 15) is 8.78 Å². The third-order valence-electron chi connectivity index (χ3n) is 2.55. The van der Waals surface area contributed by atoms with Crippen LogP contribution in [0.4, 0.5) is 8.78 Å². The highest BCUT2D eigenvalue weighted by Gasteiger charge is 2.16. The van der Waals surface area contributed by atoms with E-state index in [4.69, 9.17) is 5.11 Å². The standard InChI is InChI=1S/C12H16F2O/c1-7(2)9-4-10(8(3)6-15)12(14)11(13)5-9/h4-5,7-8,15H,6H2,1-3H3. The van der Waals surface area contributed by atoms with Gasteiger partial charge in [0.05, 0.1) is 0 Å². The van der Waals surface area contributed by atoms with Crippen LogP contribution in [0, 0.1) is 11.6 Å². The Hall–Kier alpha value is -0.960. The summed E-state index contributed by atoms with van der Waals surface area (Å²) in [5, 5.41) is 8.94. The van der Waals surface area contributed by atoms with Crippen molar-refractivity contribution in [2.45, 2.75) is 32.6 Å². The Labute approximate surface area is 88.7 Å². The summed E-state index contributed by atoms with van der Waals surface area (Å²) in [6.45, 7) is 5.32. The summed E-state index contributed by atoms with van der Waals surface area (Å²) < 4.78 is 26.6. The van der Waals surface area contributed by atoms with Crippen LogP contribution in [0.3, 0.4) is 0 Å². The Kier molecular flexibility index (Phi) is 3.80. The average molecular weight is 214 g/mol. The quantitative estimate of drug-likeness (QED) is 0.819. The van der Waals surface area contributed by atoms with E-state index in [0.29, 0.717) is 0 Å². The van der Waals surface area contributed by atoms with E-state index in [1.807, 2.05) is 13.8 Å². The van der Waals surface area contributed by atoms with Gasteiger partial charge in [0.2, 0.25) is 0 Å². The lowest BCUT2D eigenvalue weighted by Crippen LogP contribution is -2.06. The van der Waals surface area contributed by atoms with E-state index in [0.717, 1.165) is 5.56 Å². The fourth-order valence-corrected chi connectivity index (χ4v) is 1.42. The van der Waals surface area contributed by atoms with Crippen molar-refractivity contribution in [3.8, 4) is 0 Å². The third kappa shape index (κ3) is 2.53. The van der Waals surface area contributed by atoms with Crippen LogP contribution >= 0.6 is 0 Å². The molecule has 1 atom stereocenters. The minimum absolute atomic E-state index is 0.143. The fourth-order valence-electron chi connectivity index (χ4n) is 1.42. The van der Waals surface area contributed by atoms with E-state index in [1.165, 1.54) is 6.07 Å². The maximum Gasteiger partial charge on any atom is 0.162 e. The molecule has 3 heteroatoms. The minimum atomic E-state index is -0.846. The Morgan fingerprint density at radius 2 is 1.80 bits per heavy atom. The third-order valence-corrected chi connectivity index (χ3v) is 2.55. The first kappa shape index (κ1) is 12.1. The van der Waals surface area contributed by atoms with E-state index in [-0.39, 0.29) is 24.0 Å². The number of hydrogen-bond donors (Lipinski definition) is 1. The van der Waals surface area contributed by atoms with Crippen LogP contribution < -0.4 is 0 Å². The molecule has 1 aromatic rings. The highest BCUT2D eigenvalue weighted by Crippen LogP contribution is 2.26. The smallest absolute Gasteiger partial charge is 0.162 e. The highest BCUT2D eigenvalue weighted by molar-refractivity contribution is 5.30. The maximum absolute atomic E-state index is 13.4. The van der Waals surface area contributed by atoms with Crippen molar-refractivity contribution >= 4 is 0 Å². The van der Waals surface area contributed by atoms with Crippen molar-refractivity contribution in [1.82, 2.24) is 0 Å². The molecule has 84 valence electrons. The molecule has 0 aliphatic carbocycles. The molecule has 0 saturated heterocycles. The lowest BCUT2D eigenvalue weighted by molar-refractivity contribution is 0.269. The van der Waals surface area contributed by atoms with Gasteiger partial charge in [-0.05, 0) is 23.1 Å². The van der Waals surface area contributed by atoms with E-state index in [1.54, 1.807) is 13.0 Å². The van der Waals surface area contributed by atoms with Crippen molar-refractivity contribution in [2.24, 2.45) is 0 Å². The number of hydrogen-bond acceptors (Lipinski definition) is 1. The molecule has 0 amide bonds. The summed E-state index contributed by atoms with van der Waals surface area (Å²) in [5.41, 5.74) is 1.01. The number of benzene rings is 1. The molecule has 0 aliphatic rings. The predicted octanol–water partition coefficient (Wildman–Crippen LogP) is 3.18. The number of rotatable bonds is 3. The van der Waals surface area contributed by atoms with E-state index >= 15 is 0 Å². The Morgan fingerprint density at radius 1 is 1.20 bits per heavy atom. The SMILES string of the molecule is CC(C)c1cc(F)c(F)c(C(C)CO)c1. The van der Waals surface area contributed by atoms with E-state index < -0.39 is 11.6 Å². The Morgan fingerprint density at radius 3 is 2.27 bits per heavy atom. The lowest BCUT2D eigenvalue weighted by atomic mass is 9.94. The Balaban J connectivity index is 3.25. The zero-order valence-corrected chi connectivity index (χ0v) is 9.22. The minimum Gasteiger partial charge on any atom is -0.396 e. The van der Waals surface area contributed by atoms with Gasteiger partial charge in [0.1, 0.15) is 0 Å². The van der Waals surface area contributed by atoms with Gasteiger partial charge in [-0.1, -0.05) is 26.8 Å². The van der Waals surface area contributed by atoms with Gasteiger partial charge in [0, 0.05) is 12.5 Å². The summed E-state index contributed by atoms with van der Waals surface area (Å²) in [6.07, 6.45) is 0. The molecule has 1 nitrogen and oxygen atoms in total. The molecule has 0 bridgehead atoms. The zero-order valence-electron chi connectivity index (χ0n) is 9.22. The number of aliphatic hydroxyl groups excluding tert-OH is 1. The summed E-state index contributed by atoms with van der Waals surface area (Å²) in [4.78, 5) is 0. The normalized spacial score (nSPS) is 13.3. The second-order valence-electron chi connectivity index (χ2n) is 4.14. The van der Waals surface area contributed by atoms with Crippen LogP contribution in [-0.4, -0.2) is 11.7 Å². The van der Waals surface area contributed by atoms with Gasteiger partial charge in [0.25, 0.3) is 0 Å². The fraction of sp³-hybridized carbons (Fsp3) is 0.500. The van der Waals surface area contributed by atoms with Gasteiger partial charge in [-0.2, -0.15) is 0 Å². The molecule has 0 spiro atoms. The highest BCUT2D eigenvalue weighted by atomic mass is 19.2. The molecule has 1 aromatic carbocycles. The molecule has 0 aromatic heterocycles. The van der Waals surface area contributed by atoms with Gasteiger partial charge < -0.3 is 5.11 Å². The van der Waals surface area contributed by atoms with Crippen LogP contribution in [0.5, 0.6) is 0 Å². The maximum atomic E-state index is 13.4. The molecular formula is C12H16F2O. The van der Waals surface area contributed by atoms with Gasteiger partial charge in [0.15, 0.2) is 11.6 Å². The van der Waals surface area contributed by atoms with E-state index in [2.05, 4.69) is 0 Å². The van der Waals surface area contributed by atoms with Crippen LogP contribution in [0.1, 0.15) is 43.7 Å². The van der Waals surface area contributed by atoms with Crippen molar-refractivity contribution in [1.29, 1.82) is 0 Å². The van der Waals surface area contributed by atoms with Gasteiger partial charge in [-0.3, -0.25) is 0 Å². The molecule has 0 radical (unpaired) electrons.